The number of aryl methyl sites for hydroxylation is 1. The molecule has 0 fully saturated rings. The minimum absolute atomic E-state index is 0.0314. The van der Waals surface area contributed by atoms with Crippen LogP contribution in [0.4, 0.5) is 5.69 Å². The number of nitrogens with zero attached hydrogens (tertiary/aromatic N) is 1. The molecule has 4 rings (SSSR count). The van der Waals surface area contributed by atoms with Gasteiger partial charge in [-0.15, -0.1) is 0 Å². The lowest BCUT2D eigenvalue weighted by atomic mass is 9.93. The fraction of sp³-hybridized carbons (Fsp3) is 0.357. The maximum absolute atomic E-state index is 13.9. The summed E-state index contributed by atoms with van der Waals surface area (Å²) in [6.45, 7) is 2.06. The molecule has 1 aliphatic rings. The topological polar surface area (TPSA) is 105 Å². The zero-order valence-corrected chi connectivity index (χ0v) is 20.5. The van der Waals surface area contributed by atoms with Crippen molar-refractivity contribution in [3.63, 3.8) is 0 Å². The molecule has 0 aliphatic carbocycles. The van der Waals surface area contributed by atoms with Crippen molar-refractivity contribution in [1.29, 1.82) is 0 Å². The molecule has 3 atom stereocenters. The number of aliphatic hydroxyl groups is 1. The molecular weight excluding hydrogens is 442 g/mol. The number of hydrogen-bond donors (Lipinski definition) is 3. The molecule has 1 aliphatic heterocycles. The smallest absolute Gasteiger partial charge is 0.234 e. The van der Waals surface area contributed by atoms with Crippen LogP contribution in [0.2, 0.25) is 0 Å². The Kier molecular flexibility index (Phi) is 7.38. The Balaban J connectivity index is 1.79. The van der Waals surface area contributed by atoms with Crippen LogP contribution >= 0.6 is 0 Å². The van der Waals surface area contributed by atoms with Crippen LogP contribution in [-0.2, 0) is 22.6 Å². The second kappa shape index (κ2) is 10.5. The molecule has 0 bridgehead atoms. The molecule has 7 nitrogen and oxygen atoms in total. The molecule has 184 valence electrons. The van der Waals surface area contributed by atoms with E-state index in [9.17, 15) is 14.7 Å². The van der Waals surface area contributed by atoms with E-state index in [4.69, 9.17) is 10.5 Å². The van der Waals surface area contributed by atoms with Crippen LogP contribution in [0.15, 0.2) is 54.6 Å². The summed E-state index contributed by atoms with van der Waals surface area (Å²) in [5.41, 5.74) is 9.26. The summed E-state index contributed by atoms with van der Waals surface area (Å²) in [7, 11) is 3.31. The summed E-state index contributed by atoms with van der Waals surface area (Å²) in [6.07, 6.45) is 1.15. The van der Waals surface area contributed by atoms with Crippen LogP contribution in [0, 0.1) is 5.92 Å². The van der Waals surface area contributed by atoms with Crippen LogP contribution in [0.3, 0.4) is 0 Å². The van der Waals surface area contributed by atoms with Gasteiger partial charge in [-0.25, -0.2) is 0 Å². The zero-order valence-electron chi connectivity index (χ0n) is 20.5. The highest BCUT2D eigenvalue weighted by Crippen LogP contribution is 2.36. The molecule has 0 saturated heterocycles. The molecule has 3 aromatic carbocycles. The van der Waals surface area contributed by atoms with Gasteiger partial charge in [0, 0.05) is 17.2 Å². The van der Waals surface area contributed by atoms with Crippen molar-refractivity contribution in [3.8, 4) is 5.75 Å². The van der Waals surface area contributed by atoms with Crippen LogP contribution in [0.25, 0.3) is 10.8 Å². The summed E-state index contributed by atoms with van der Waals surface area (Å²) in [6, 6.07) is 17.1. The van der Waals surface area contributed by atoms with Crippen LogP contribution in [0.5, 0.6) is 5.75 Å². The number of nitrogens with one attached hydrogen (secondary N) is 1. The van der Waals surface area contributed by atoms with E-state index in [1.165, 1.54) is 0 Å². The van der Waals surface area contributed by atoms with Crippen molar-refractivity contribution in [2.75, 3.05) is 19.1 Å². The van der Waals surface area contributed by atoms with E-state index in [2.05, 4.69) is 11.4 Å². The Hall–Kier alpha value is -3.42. The Morgan fingerprint density at radius 1 is 1.23 bits per heavy atom. The first kappa shape index (κ1) is 24.7. The van der Waals surface area contributed by atoms with Gasteiger partial charge in [-0.05, 0) is 73.3 Å². The van der Waals surface area contributed by atoms with Gasteiger partial charge < -0.3 is 25.8 Å². The lowest BCUT2D eigenvalue weighted by Gasteiger charge is -2.28. The molecule has 35 heavy (non-hydrogen) atoms. The Morgan fingerprint density at radius 2 is 2.00 bits per heavy atom. The molecule has 0 aromatic heterocycles. The third-order valence-corrected chi connectivity index (χ3v) is 7.00. The average molecular weight is 476 g/mol. The van der Waals surface area contributed by atoms with Crippen molar-refractivity contribution >= 4 is 28.3 Å². The number of ether oxygens (including phenoxy) is 1. The van der Waals surface area contributed by atoms with Gasteiger partial charge in [-0.2, -0.15) is 0 Å². The second-order valence-electron chi connectivity index (χ2n) is 9.17. The van der Waals surface area contributed by atoms with Crippen LogP contribution in [0.1, 0.15) is 42.6 Å². The molecule has 1 unspecified atom stereocenters. The molecular formula is C28H33N3O4. The molecule has 4 N–H and O–H groups in total. The lowest BCUT2D eigenvalue weighted by molar-refractivity contribution is -0.124. The number of benzene rings is 3. The number of rotatable bonds is 8. The monoisotopic (exact) mass is 475 g/mol. The number of anilines is 1. The summed E-state index contributed by atoms with van der Waals surface area (Å²) in [4.78, 5) is 27.7. The fourth-order valence-corrected chi connectivity index (χ4v) is 4.99. The minimum atomic E-state index is -0.574. The summed E-state index contributed by atoms with van der Waals surface area (Å²) in [5, 5.41) is 14.9. The zero-order chi connectivity index (χ0) is 25.1. The highest BCUT2D eigenvalue weighted by Gasteiger charge is 2.33. The van der Waals surface area contributed by atoms with Crippen molar-refractivity contribution in [1.82, 2.24) is 5.32 Å². The van der Waals surface area contributed by atoms with Crippen LogP contribution < -0.4 is 20.7 Å². The van der Waals surface area contributed by atoms with Gasteiger partial charge in [-0.3, -0.25) is 9.59 Å². The first-order chi connectivity index (χ1) is 16.8. The molecule has 0 saturated carbocycles. The predicted molar refractivity (Wildman–Crippen MR) is 137 cm³/mol. The maximum Gasteiger partial charge on any atom is 0.234 e. The predicted octanol–water partition coefficient (Wildman–Crippen LogP) is 3.46. The number of nitrogens with two attached hydrogens (primary N) is 1. The first-order valence-electron chi connectivity index (χ1n) is 12.0. The third kappa shape index (κ3) is 5.01. The second-order valence-corrected chi connectivity index (χ2v) is 9.17. The van der Waals surface area contributed by atoms with Gasteiger partial charge in [0.15, 0.2) is 0 Å². The quantitative estimate of drug-likeness (QED) is 0.463. The largest absolute Gasteiger partial charge is 0.496 e. The number of primary amides is 1. The maximum atomic E-state index is 13.9. The Labute approximate surface area is 205 Å². The SMILES string of the molecule is CN[C@@H](C[C@@H]1CCc2ccccc2N(Cc2c(OC)ccc3cc(C(C)O)ccc23)C1=O)C(N)=O. The third-order valence-electron chi connectivity index (χ3n) is 7.00. The van der Waals surface area contributed by atoms with Gasteiger partial charge in [-0.1, -0.05) is 36.4 Å². The summed E-state index contributed by atoms with van der Waals surface area (Å²) >= 11 is 0. The standard InChI is InChI=1S/C28H33N3O4/c1-17(32)19-10-12-22-20(14-19)11-13-26(35-3)23(22)16-31-25-7-5-4-6-18(25)8-9-21(28(31)34)15-24(30-2)27(29)33/h4-7,10-14,17,21,24,30,32H,8-9,15-16H2,1-3H3,(H2,29,33)/t17?,21-,24-/m0/s1. The summed E-state index contributed by atoms with van der Waals surface area (Å²) in [5.74, 6) is -0.150. The molecule has 3 aromatic rings. The molecule has 0 radical (unpaired) electrons. The Morgan fingerprint density at radius 3 is 2.69 bits per heavy atom. The number of carbonyl (C=O) groups is 2. The number of para-hydroxylation sites is 1. The van der Waals surface area contributed by atoms with E-state index in [0.717, 1.165) is 39.6 Å². The van der Waals surface area contributed by atoms with Gasteiger partial charge in [0.1, 0.15) is 5.75 Å². The number of methoxy groups -OCH3 is 1. The van der Waals surface area contributed by atoms with Crippen molar-refractivity contribution in [2.45, 2.75) is 44.9 Å². The van der Waals surface area contributed by atoms with Gasteiger partial charge in [0.2, 0.25) is 11.8 Å². The highest BCUT2D eigenvalue weighted by molar-refractivity contribution is 5.98. The summed E-state index contributed by atoms with van der Waals surface area (Å²) < 4.78 is 5.71. The minimum Gasteiger partial charge on any atom is -0.496 e. The number of hydrogen-bond acceptors (Lipinski definition) is 5. The van der Waals surface area contributed by atoms with E-state index in [1.54, 1.807) is 21.1 Å². The first-order valence-corrected chi connectivity index (χ1v) is 12.0. The molecule has 1 heterocycles. The molecule has 7 heteroatoms. The van der Waals surface area contributed by atoms with Crippen LogP contribution in [-0.4, -0.2) is 37.1 Å². The van der Waals surface area contributed by atoms with Gasteiger partial charge in [0.05, 0.1) is 25.8 Å². The van der Waals surface area contributed by atoms with Gasteiger partial charge >= 0.3 is 0 Å². The van der Waals surface area contributed by atoms with Crippen molar-refractivity contribution < 1.29 is 19.4 Å². The van der Waals surface area contributed by atoms with Crippen molar-refractivity contribution in [3.05, 3.63) is 71.3 Å². The van der Waals surface area contributed by atoms with E-state index < -0.39 is 18.1 Å². The molecule has 2 amide bonds. The average Bonchev–Trinajstić information content (AvgIpc) is 2.98. The number of carbonyl (C=O) groups excluding carboxylic acids is 2. The molecule has 0 spiro atoms. The highest BCUT2D eigenvalue weighted by atomic mass is 16.5. The van der Waals surface area contributed by atoms with E-state index >= 15 is 0 Å². The van der Waals surface area contributed by atoms with E-state index in [-0.39, 0.29) is 11.8 Å². The normalized spacial score (nSPS) is 17.5. The number of aliphatic hydroxyl groups excluding tert-OH is 1. The number of fused-ring (bicyclic) bond motifs is 2. The number of likely N-dealkylation sites (N-methyl/N-ethyl adjacent to an activating group) is 1. The number of amides is 2. The lowest BCUT2D eigenvalue weighted by Crippen LogP contribution is -2.44. The van der Waals surface area contributed by atoms with Gasteiger partial charge in [0.25, 0.3) is 0 Å². The van der Waals surface area contributed by atoms with E-state index in [0.29, 0.717) is 25.1 Å². The fourth-order valence-electron chi connectivity index (χ4n) is 4.99. The van der Waals surface area contributed by atoms with Crippen molar-refractivity contribution in [2.24, 2.45) is 11.7 Å². The van der Waals surface area contributed by atoms with E-state index in [1.807, 2.05) is 53.4 Å². The Bertz CT molecular complexity index is 1240.